The first-order chi connectivity index (χ1) is 17.0. The molecule has 0 atom stereocenters. The van der Waals surface area contributed by atoms with Crippen molar-refractivity contribution in [2.75, 3.05) is 40.4 Å². The zero-order valence-electron chi connectivity index (χ0n) is 19.8. The van der Waals surface area contributed by atoms with E-state index in [-0.39, 0.29) is 4.90 Å². The van der Waals surface area contributed by atoms with Gasteiger partial charge in [0.25, 0.3) is 0 Å². The Morgan fingerprint density at radius 3 is 2.43 bits per heavy atom. The lowest BCUT2D eigenvalue weighted by Gasteiger charge is -2.33. The summed E-state index contributed by atoms with van der Waals surface area (Å²) in [5, 5.41) is 1.03. The van der Waals surface area contributed by atoms with Crippen LogP contribution in [-0.4, -0.2) is 58.0 Å². The minimum atomic E-state index is -3.56. The molecule has 0 bridgehead atoms. The lowest BCUT2D eigenvalue weighted by atomic mass is 10.0. The van der Waals surface area contributed by atoms with Crippen LogP contribution in [0.2, 0.25) is 0 Å². The van der Waals surface area contributed by atoms with Gasteiger partial charge in [-0.2, -0.15) is 4.31 Å². The minimum absolute atomic E-state index is 0.258. The first-order valence-corrected chi connectivity index (χ1v) is 12.9. The average Bonchev–Trinajstić information content (AvgIpc) is 3.30. The van der Waals surface area contributed by atoms with Crippen molar-refractivity contribution in [1.29, 1.82) is 0 Å². The number of ether oxygens (including phenoxy) is 2. The van der Waals surface area contributed by atoms with Crippen LogP contribution >= 0.6 is 0 Å². The maximum Gasteiger partial charge on any atom is 0.243 e. The van der Waals surface area contributed by atoms with Gasteiger partial charge in [-0.15, -0.1) is 0 Å². The number of piperazine rings is 1. The summed E-state index contributed by atoms with van der Waals surface area (Å²) in [6.45, 7) is 2.75. The number of fused-ring (bicyclic) bond motifs is 1. The van der Waals surface area contributed by atoms with Crippen LogP contribution in [0.4, 0.5) is 0 Å². The smallest absolute Gasteiger partial charge is 0.243 e. The van der Waals surface area contributed by atoms with E-state index in [0.29, 0.717) is 38.5 Å². The van der Waals surface area contributed by atoms with Crippen molar-refractivity contribution in [3.05, 3.63) is 78.6 Å². The summed E-state index contributed by atoms with van der Waals surface area (Å²) >= 11 is 0. The standard InChI is InChI=1S/C27H28N2O5S/c1-32-22-6-5-7-24(18-22)35(30,31)29-14-12-28(13-15-29)19-23-17-21-16-20(10-11-26(21)34-23)25-8-3-4-9-27(25)33-2/h3-11,16-18H,12-15,19H2,1-2H3. The van der Waals surface area contributed by atoms with Gasteiger partial charge in [0.15, 0.2) is 0 Å². The summed E-state index contributed by atoms with van der Waals surface area (Å²) in [6.07, 6.45) is 0. The Labute approximate surface area is 205 Å². The highest BCUT2D eigenvalue weighted by atomic mass is 32.2. The van der Waals surface area contributed by atoms with Crippen LogP contribution in [0.15, 0.2) is 82.1 Å². The molecule has 1 aliphatic heterocycles. The number of rotatable bonds is 7. The molecule has 2 heterocycles. The molecule has 3 aromatic carbocycles. The number of hydrogen-bond acceptors (Lipinski definition) is 6. The van der Waals surface area contributed by atoms with Crippen molar-refractivity contribution >= 4 is 21.0 Å². The Kier molecular flexibility index (Phi) is 6.51. The van der Waals surface area contributed by atoms with Crippen LogP contribution in [0.1, 0.15) is 5.76 Å². The van der Waals surface area contributed by atoms with Gasteiger partial charge in [-0.05, 0) is 42.0 Å². The van der Waals surface area contributed by atoms with Crippen LogP contribution in [0.3, 0.4) is 0 Å². The van der Waals surface area contributed by atoms with Crippen molar-refractivity contribution in [2.24, 2.45) is 0 Å². The average molecular weight is 493 g/mol. The minimum Gasteiger partial charge on any atom is -0.497 e. The lowest BCUT2D eigenvalue weighted by Crippen LogP contribution is -2.48. The quantitative estimate of drug-likeness (QED) is 0.375. The van der Waals surface area contributed by atoms with E-state index >= 15 is 0 Å². The molecular formula is C27H28N2O5S. The van der Waals surface area contributed by atoms with E-state index in [1.165, 1.54) is 11.4 Å². The summed E-state index contributed by atoms with van der Waals surface area (Å²) in [7, 11) is -0.350. The molecule has 7 nitrogen and oxygen atoms in total. The van der Waals surface area contributed by atoms with Gasteiger partial charge in [0.05, 0.1) is 25.7 Å². The van der Waals surface area contributed by atoms with E-state index < -0.39 is 10.0 Å². The monoisotopic (exact) mass is 492 g/mol. The molecule has 35 heavy (non-hydrogen) atoms. The van der Waals surface area contributed by atoms with Gasteiger partial charge < -0.3 is 13.9 Å². The predicted molar refractivity (Wildman–Crippen MR) is 135 cm³/mol. The molecule has 1 aliphatic rings. The largest absolute Gasteiger partial charge is 0.497 e. The first-order valence-electron chi connectivity index (χ1n) is 11.5. The van der Waals surface area contributed by atoms with Crippen molar-refractivity contribution < 1.29 is 22.3 Å². The molecule has 182 valence electrons. The Morgan fingerprint density at radius 2 is 1.66 bits per heavy atom. The highest BCUT2D eigenvalue weighted by Crippen LogP contribution is 2.33. The number of benzene rings is 3. The molecule has 0 unspecified atom stereocenters. The third-order valence-electron chi connectivity index (χ3n) is 6.37. The zero-order chi connectivity index (χ0) is 24.4. The van der Waals surface area contributed by atoms with E-state index in [1.54, 1.807) is 31.4 Å². The van der Waals surface area contributed by atoms with Gasteiger partial charge in [0.2, 0.25) is 10.0 Å². The van der Waals surface area contributed by atoms with Crippen LogP contribution < -0.4 is 9.47 Å². The molecule has 0 aliphatic carbocycles. The second-order valence-electron chi connectivity index (χ2n) is 8.52. The van der Waals surface area contributed by atoms with Crippen molar-refractivity contribution in [1.82, 2.24) is 9.21 Å². The number of sulfonamides is 1. The Balaban J connectivity index is 1.27. The van der Waals surface area contributed by atoms with Crippen LogP contribution in [-0.2, 0) is 16.6 Å². The molecule has 4 aromatic rings. The maximum atomic E-state index is 13.1. The first kappa shape index (κ1) is 23.4. The fourth-order valence-electron chi connectivity index (χ4n) is 4.49. The third-order valence-corrected chi connectivity index (χ3v) is 8.27. The van der Waals surface area contributed by atoms with Crippen LogP contribution in [0.25, 0.3) is 22.1 Å². The summed E-state index contributed by atoms with van der Waals surface area (Å²) in [6, 6.07) is 22.8. The molecule has 5 rings (SSSR count). The van der Waals surface area contributed by atoms with Crippen LogP contribution in [0.5, 0.6) is 11.5 Å². The Hall–Kier alpha value is -3.33. The third kappa shape index (κ3) is 4.77. The fraction of sp³-hybridized carbons (Fsp3) is 0.259. The molecule has 0 spiro atoms. The van der Waals surface area contributed by atoms with Gasteiger partial charge in [0, 0.05) is 43.2 Å². The molecule has 0 N–H and O–H groups in total. The van der Waals surface area contributed by atoms with E-state index in [9.17, 15) is 8.42 Å². The van der Waals surface area contributed by atoms with Gasteiger partial charge in [-0.25, -0.2) is 8.42 Å². The summed E-state index contributed by atoms with van der Waals surface area (Å²) in [5.74, 6) is 2.22. The highest BCUT2D eigenvalue weighted by Gasteiger charge is 2.29. The molecule has 0 amide bonds. The maximum absolute atomic E-state index is 13.1. The lowest BCUT2D eigenvalue weighted by molar-refractivity contribution is 0.172. The van der Waals surface area contributed by atoms with Crippen molar-refractivity contribution in [3.8, 4) is 22.6 Å². The van der Waals surface area contributed by atoms with E-state index in [4.69, 9.17) is 13.9 Å². The number of nitrogens with zero attached hydrogens (tertiary/aromatic N) is 2. The Morgan fingerprint density at radius 1 is 0.857 bits per heavy atom. The normalized spacial score (nSPS) is 15.4. The number of hydrogen-bond donors (Lipinski definition) is 0. The number of para-hydroxylation sites is 1. The second kappa shape index (κ2) is 9.73. The van der Waals surface area contributed by atoms with Gasteiger partial charge in [0.1, 0.15) is 22.8 Å². The molecule has 0 radical (unpaired) electrons. The molecule has 1 aromatic heterocycles. The van der Waals surface area contributed by atoms with Crippen molar-refractivity contribution in [3.63, 3.8) is 0 Å². The van der Waals surface area contributed by atoms with E-state index in [1.807, 2.05) is 36.4 Å². The fourth-order valence-corrected chi connectivity index (χ4v) is 5.94. The number of methoxy groups -OCH3 is 2. The molecule has 0 saturated carbocycles. The summed E-state index contributed by atoms with van der Waals surface area (Å²) in [4.78, 5) is 2.48. The van der Waals surface area contributed by atoms with E-state index in [2.05, 4.69) is 17.0 Å². The highest BCUT2D eigenvalue weighted by molar-refractivity contribution is 7.89. The summed E-state index contributed by atoms with van der Waals surface area (Å²) < 4.78 is 44.4. The van der Waals surface area contributed by atoms with Gasteiger partial charge >= 0.3 is 0 Å². The second-order valence-corrected chi connectivity index (χ2v) is 10.5. The van der Waals surface area contributed by atoms with Crippen LogP contribution in [0, 0.1) is 0 Å². The predicted octanol–water partition coefficient (Wildman–Crippen LogP) is 4.62. The molecule has 1 saturated heterocycles. The van der Waals surface area contributed by atoms with Gasteiger partial charge in [-0.1, -0.05) is 30.3 Å². The van der Waals surface area contributed by atoms with E-state index in [0.717, 1.165) is 33.6 Å². The molecule has 1 fully saturated rings. The van der Waals surface area contributed by atoms with Crippen molar-refractivity contribution in [2.45, 2.75) is 11.4 Å². The summed E-state index contributed by atoms with van der Waals surface area (Å²) in [5.41, 5.74) is 2.93. The van der Waals surface area contributed by atoms with Gasteiger partial charge in [-0.3, -0.25) is 4.90 Å². The molecule has 8 heteroatoms. The SMILES string of the molecule is COc1cccc(S(=O)(=O)N2CCN(Cc3cc4cc(-c5ccccc5OC)ccc4o3)CC2)c1. The zero-order valence-corrected chi connectivity index (χ0v) is 20.6. The Bertz CT molecular complexity index is 1440. The topological polar surface area (TPSA) is 72.2 Å². The molecular weight excluding hydrogens is 464 g/mol. The number of furan rings is 1.